The van der Waals surface area contributed by atoms with Crippen LogP contribution < -0.4 is 10.5 Å². The molecule has 96 valence electrons. The van der Waals surface area contributed by atoms with Gasteiger partial charge in [-0.05, 0) is 31.5 Å². The molecule has 0 bridgehead atoms. The van der Waals surface area contributed by atoms with Crippen LogP contribution in [0.25, 0.3) is 0 Å². The fraction of sp³-hybridized carbons (Fsp3) is 0.385. The molecular formula is C13H18N4O. The number of hydrogen-bond donors (Lipinski definition) is 1. The summed E-state index contributed by atoms with van der Waals surface area (Å²) in [5.74, 6) is 1.62. The molecule has 0 fully saturated rings. The second-order valence-corrected chi connectivity index (χ2v) is 4.35. The Labute approximate surface area is 107 Å². The van der Waals surface area contributed by atoms with Crippen LogP contribution >= 0.6 is 0 Å². The molecule has 0 unspecified atom stereocenters. The van der Waals surface area contributed by atoms with E-state index < -0.39 is 0 Å². The van der Waals surface area contributed by atoms with Crippen LogP contribution in [0.4, 0.5) is 0 Å². The van der Waals surface area contributed by atoms with E-state index >= 15 is 0 Å². The van der Waals surface area contributed by atoms with Crippen LogP contribution in [0.1, 0.15) is 31.3 Å². The Kier molecular flexibility index (Phi) is 3.94. The van der Waals surface area contributed by atoms with Gasteiger partial charge in [-0.15, -0.1) is 0 Å². The molecule has 5 heteroatoms. The minimum absolute atomic E-state index is 0.279. The van der Waals surface area contributed by atoms with E-state index in [4.69, 9.17) is 10.5 Å². The average Bonchev–Trinajstić information content (AvgIpc) is 2.85. The normalized spacial score (nSPS) is 10.9. The molecule has 0 saturated heterocycles. The highest BCUT2D eigenvalue weighted by molar-refractivity contribution is 5.28. The first-order valence-corrected chi connectivity index (χ1v) is 6.01. The number of rotatable bonds is 5. The molecule has 2 aromatic rings. The van der Waals surface area contributed by atoms with Crippen molar-refractivity contribution in [2.24, 2.45) is 5.73 Å². The number of ether oxygens (including phenoxy) is 1. The summed E-state index contributed by atoms with van der Waals surface area (Å²) >= 11 is 0. The molecule has 0 aliphatic heterocycles. The lowest BCUT2D eigenvalue weighted by molar-refractivity contribution is 0.282. The number of aromatic nitrogens is 3. The zero-order valence-corrected chi connectivity index (χ0v) is 10.7. The van der Waals surface area contributed by atoms with Gasteiger partial charge in [0.1, 0.15) is 18.7 Å². The van der Waals surface area contributed by atoms with Crippen molar-refractivity contribution >= 4 is 0 Å². The molecule has 0 amide bonds. The van der Waals surface area contributed by atoms with E-state index in [0.29, 0.717) is 13.2 Å². The van der Waals surface area contributed by atoms with Crippen molar-refractivity contribution in [2.45, 2.75) is 33.0 Å². The number of nitrogens with two attached hydrogens (primary N) is 1. The summed E-state index contributed by atoms with van der Waals surface area (Å²) in [7, 11) is 0. The SMILES string of the molecule is CC(C)n1ncnc1COc1cccc(CN)c1. The van der Waals surface area contributed by atoms with E-state index in [1.54, 1.807) is 6.33 Å². The van der Waals surface area contributed by atoms with Crippen LogP contribution in [0.5, 0.6) is 5.75 Å². The van der Waals surface area contributed by atoms with Crippen LogP contribution in [0.3, 0.4) is 0 Å². The lowest BCUT2D eigenvalue weighted by Crippen LogP contribution is -2.10. The van der Waals surface area contributed by atoms with Crippen LogP contribution in [-0.4, -0.2) is 14.8 Å². The fourth-order valence-corrected chi connectivity index (χ4v) is 1.72. The molecule has 0 aliphatic carbocycles. The van der Waals surface area contributed by atoms with E-state index in [9.17, 15) is 0 Å². The predicted molar refractivity (Wildman–Crippen MR) is 69.1 cm³/mol. The monoisotopic (exact) mass is 246 g/mol. The maximum absolute atomic E-state index is 5.70. The van der Waals surface area contributed by atoms with Gasteiger partial charge in [-0.3, -0.25) is 0 Å². The maximum Gasteiger partial charge on any atom is 0.165 e. The van der Waals surface area contributed by atoms with E-state index in [1.165, 1.54) is 0 Å². The summed E-state index contributed by atoms with van der Waals surface area (Å²) in [5, 5.41) is 4.17. The molecule has 0 radical (unpaired) electrons. The third-order valence-corrected chi connectivity index (χ3v) is 2.64. The average molecular weight is 246 g/mol. The van der Waals surface area contributed by atoms with Crippen LogP contribution in [0, 0.1) is 0 Å². The highest BCUT2D eigenvalue weighted by Gasteiger charge is 2.08. The third kappa shape index (κ3) is 2.87. The molecule has 1 aromatic heterocycles. The Morgan fingerprint density at radius 3 is 2.94 bits per heavy atom. The van der Waals surface area contributed by atoms with Gasteiger partial charge in [0.15, 0.2) is 5.82 Å². The Bertz CT molecular complexity index is 507. The molecule has 0 saturated carbocycles. The third-order valence-electron chi connectivity index (χ3n) is 2.64. The second kappa shape index (κ2) is 5.64. The molecule has 0 atom stereocenters. The number of benzene rings is 1. The lowest BCUT2D eigenvalue weighted by Gasteiger charge is -2.10. The molecule has 5 nitrogen and oxygen atoms in total. The maximum atomic E-state index is 5.70. The van der Waals surface area contributed by atoms with Crippen molar-refractivity contribution in [1.82, 2.24) is 14.8 Å². The van der Waals surface area contributed by atoms with Gasteiger partial charge in [0.05, 0.1) is 0 Å². The number of nitrogens with zero attached hydrogens (tertiary/aromatic N) is 3. The van der Waals surface area contributed by atoms with Crippen molar-refractivity contribution in [1.29, 1.82) is 0 Å². The first-order chi connectivity index (χ1) is 8.70. The topological polar surface area (TPSA) is 66.0 Å². The summed E-state index contributed by atoms with van der Waals surface area (Å²) in [5.41, 5.74) is 6.64. The molecule has 2 rings (SSSR count). The zero-order valence-electron chi connectivity index (χ0n) is 10.7. The van der Waals surface area contributed by atoms with Crippen molar-refractivity contribution in [3.8, 4) is 5.75 Å². The summed E-state index contributed by atoms with van der Waals surface area (Å²) in [6.45, 7) is 5.05. The Morgan fingerprint density at radius 2 is 2.22 bits per heavy atom. The summed E-state index contributed by atoms with van der Waals surface area (Å²) in [6, 6.07) is 8.04. The summed E-state index contributed by atoms with van der Waals surface area (Å²) in [6.07, 6.45) is 1.55. The van der Waals surface area contributed by atoms with Crippen LogP contribution in [0.2, 0.25) is 0 Å². The second-order valence-electron chi connectivity index (χ2n) is 4.35. The van der Waals surface area contributed by atoms with Crippen molar-refractivity contribution < 1.29 is 4.74 Å². The van der Waals surface area contributed by atoms with Crippen LogP contribution in [0.15, 0.2) is 30.6 Å². The van der Waals surface area contributed by atoms with Crippen LogP contribution in [-0.2, 0) is 13.2 Å². The molecule has 18 heavy (non-hydrogen) atoms. The van der Waals surface area contributed by atoms with E-state index in [1.807, 2.05) is 28.9 Å². The molecule has 0 aliphatic rings. The summed E-state index contributed by atoms with van der Waals surface area (Å²) < 4.78 is 7.56. The Balaban J connectivity index is 2.04. The highest BCUT2D eigenvalue weighted by atomic mass is 16.5. The van der Waals surface area contributed by atoms with Crippen molar-refractivity contribution in [3.63, 3.8) is 0 Å². The highest BCUT2D eigenvalue weighted by Crippen LogP contribution is 2.15. The molecule has 1 aromatic carbocycles. The van der Waals surface area contributed by atoms with Gasteiger partial charge in [0.2, 0.25) is 0 Å². The van der Waals surface area contributed by atoms with Crippen molar-refractivity contribution in [2.75, 3.05) is 0 Å². The zero-order chi connectivity index (χ0) is 13.0. The Hall–Kier alpha value is -1.88. The van der Waals surface area contributed by atoms with Crippen molar-refractivity contribution in [3.05, 3.63) is 42.0 Å². The molecular weight excluding hydrogens is 228 g/mol. The van der Waals surface area contributed by atoms with Gasteiger partial charge in [0.25, 0.3) is 0 Å². The van der Waals surface area contributed by atoms with Gasteiger partial charge in [-0.2, -0.15) is 5.10 Å². The quantitative estimate of drug-likeness (QED) is 0.875. The largest absolute Gasteiger partial charge is 0.486 e. The van der Waals surface area contributed by atoms with Gasteiger partial charge in [0, 0.05) is 12.6 Å². The number of hydrogen-bond acceptors (Lipinski definition) is 4. The minimum atomic E-state index is 0.279. The smallest absolute Gasteiger partial charge is 0.165 e. The first kappa shape index (κ1) is 12.6. The van der Waals surface area contributed by atoms with E-state index in [2.05, 4.69) is 23.9 Å². The van der Waals surface area contributed by atoms with Gasteiger partial charge >= 0.3 is 0 Å². The minimum Gasteiger partial charge on any atom is -0.486 e. The van der Waals surface area contributed by atoms with E-state index in [0.717, 1.165) is 17.1 Å². The predicted octanol–water partition coefficient (Wildman–Crippen LogP) is 1.90. The molecule has 0 spiro atoms. The molecule has 2 N–H and O–H groups in total. The Morgan fingerprint density at radius 1 is 1.39 bits per heavy atom. The standard InChI is InChI=1S/C13H18N4O/c1-10(2)17-13(15-9-16-17)8-18-12-5-3-4-11(6-12)7-14/h3-6,9-10H,7-8,14H2,1-2H3. The van der Waals surface area contributed by atoms with Gasteiger partial charge < -0.3 is 10.5 Å². The fourth-order valence-electron chi connectivity index (χ4n) is 1.72. The molecule has 1 heterocycles. The summed E-state index contributed by atoms with van der Waals surface area (Å²) in [4.78, 5) is 4.20. The van der Waals surface area contributed by atoms with Gasteiger partial charge in [-0.25, -0.2) is 9.67 Å². The van der Waals surface area contributed by atoms with Gasteiger partial charge in [-0.1, -0.05) is 12.1 Å². The van der Waals surface area contributed by atoms with E-state index in [-0.39, 0.29) is 6.04 Å². The lowest BCUT2D eigenvalue weighted by atomic mass is 10.2. The first-order valence-electron chi connectivity index (χ1n) is 6.01.